The van der Waals surface area contributed by atoms with Crippen LogP contribution in [0.25, 0.3) is 6.08 Å². The first kappa shape index (κ1) is 21.3. The van der Waals surface area contributed by atoms with E-state index in [4.69, 9.17) is 9.47 Å². The van der Waals surface area contributed by atoms with Crippen LogP contribution in [0.1, 0.15) is 25.7 Å². The number of ketones is 1. The van der Waals surface area contributed by atoms with E-state index in [0.29, 0.717) is 22.1 Å². The van der Waals surface area contributed by atoms with Gasteiger partial charge < -0.3 is 14.8 Å². The Morgan fingerprint density at radius 3 is 2.43 bits per heavy atom. The van der Waals surface area contributed by atoms with Gasteiger partial charge in [-0.3, -0.25) is 9.59 Å². The van der Waals surface area contributed by atoms with Crippen molar-refractivity contribution in [1.29, 1.82) is 0 Å². The fourth-order valence-corrected chi connectivity index (χ4v) is 3.49. The van der Waals surface area contributed by atoms with E-state index in [0.717, 1.165) is 16.0 Å². The summed E-state index contributed by atoms with van der Waals surface area (Å²) in [4.78, 5) is 26.2. The Morgan fingerprint density at radius 1 is 1.00 bits per heavy atom. The van der Waals surface area contributed by atoms with Gasteiger partial charge >= 0.3 is 0 Å². The molecule has 0 aliphatic rings. The van der Waals surface area contributed by atoms with Gasteiger partial charge in [0, 0.05) is 10.6 Å². The largest absolute Gasteiger partial charge is 0.493 e. The van der Waals surface area contributed by atoms with Crippen LogP contribution < -0.4 is 14.8 Å². The molecule has 1 N–H and O–H groups in total. The van der Waals surface area contributed by atoms with Crippen molar-refractivity contribution in [1.82, 2.24) is 0 Å². The third-order valence-corrected chi connectivity index (χ3v) is 5.31. The van der Waals surface area contributed by atoms with Crippen molar-refractivity contribution >= 4 is 34.8 Å². The summed E-state index contributed by atoms with van der Waals surface area (Å²) in [5.41, 5.74) is 2.63. The minimum atomic E-state index is -0.262. The molecule has 0 saturated heterocycles. The Kier molecular flexibility index (Phi) is 7.03. The molecule has 154 valence electrons. The van der Waals surface area contributed by atoms with Gasteiger partial charge in [-0.05, 0) is 61.9 Å². The van der Waals surface area contributed by atoms with E-state index in [1.165, 1.54) is 24.5 Å². The molecule has 0 atom stereocenters. The third-order valence-electron chi connectivity index (χ3n) is 4.29. The molecule has 3 aromatic rings. The van der Waals surface area contributed by atoms with E-state index in [1.54, 1.807) is 24.3 Å². The molecule has 0 aliphatic carbocycles. The van der Waals surface area contributed by atoms with Crippen LogP contribution in [0.5, 0.6) is 11.5 Å². The van der Waals surface area contributed by atoms with Crippen LogP contribution in [0.2, 0.25) is 0 Å². The SMILES string of the molecule is COc1cc(/C=C/C(=O)c2ccc(C)s2)ccc1OCC(=O)Nc1ccc(C)cc1. The highest BCUT2D eigenvalue weighted by molar-refractivity contribution is 7.14. The van der Waals surface area contributed by atoms with Crippen molar-refractivity contribution in [3.05, 3.63) is 81.6 Å². The number of ether oxygens (including phenoxy) is 2. The number of rotatable bonds is 8. The fraction of sp³-hybridized carbons (Fsp3) is 0.167. The number of carbonyl (C=O) groups is 2. The maximum absolute atomic E-state index is 12.2. The maximum Gasteiger partial charge on any atom is 0.262 e. The second kappa shape index (κ2) is 9.89. The van der Waals surface area contributed by atoms with Crippen LogP contribution in [-0.4, -0.2) is 25.4 Å². The summed E-state index contributed by atoms with van der Waals surface area (Å²) in [6.07, 6.45) is 3.27. The molecule has 0 aliphatic heterocycles. The summed E-state index contributed by atoms with van der Waals surface area (Å²) in [5, 5.41) is 2.79. The third kappa shape index (κ3) is 5.81. The van der Waals surface area contributed by atoms with E-state index in [2.05, 4.69) is 5.32 Å². The lowest BCUT2D eigenvalue weighted by Gasteiger charge is -2.11. The fourth-order valence-electron chi connectivity index (χ4n) is 2.71. The number of allylic oxidation sites excluding steroid dienone is 1. The van der Waals surface area contributed by atoms with Gasteiger partial charge in [0.2, 0.25) is 0 Å². The van der Waals surface area contributed by atoms with E-state index in [-0.39, 0.29) is 18.3 Å². The molecule has 2 aromatic carbocycles. The van der Waals surface area contributed by atoms with Gasteiger partial charge in [0.15, 0.2) is 23.9 Å². The van der Waals surface area contributed by atoms with Gasteiger partial charge in [-0.25, -0.2) is 0 Å². The van der Waals surface area contributed by atoms with Crippen LogP contribution in [-0.2, 0) is 4.79 Å². The molecule has 1 amide bonds. The Labute approximate surface area is 180 Å². The molecule has 0 spiro atoms. The van der Waals surface area contributed by atoms with Gasteiger partial charge in [-0.15, -0.1) is 11.3 Å². The van der Waals surface area contributed by atoms with Gasteiger partial charge in [0.25, 0.3) is 5.91 Å². The summed E-state index contributed by atoms with van der Waals surface area (Å²) in [6.45, 7) is 3.81. The topological polar surface area (TPSA) is 64.6 Å². The van der Waals surface area contributed by atoms with Crippen molar-refractivity contribution in [2.45, 2.75) is 13.8 Å². The first-order valence-corrected chi connectivity index (χ1v) is 10.2. The lowest BCUT2D eigenvalue weighted by atomic mass is 10.1. The molecular weight excluding hydrogens is 398 g/mol. The van der Waals surface area contributed by atoms with Crippen molar-refractivity contribution in [2.75, 3.05) is 19.0 Å². The molecule has 1 heterocycles. The predicted octanol–water partition coefficient (Wildman–Crippen LogP) is 5.29. The molecule has 0 radical (unpaired) electrons. The Balaban J connectivity index is 1.60. The summed E-state index contributed by atoms with van der Waals surface area (Å²) in [5.74, 6) is 0.635. The highest BCUT2D eigenvalue weighted by Crippen LogP contribution is 2.29. The monoisotopic (exact) mass is 421 g/mol. The molecule has 0 bridgehead atoms. The number of benzene rings is 2. The van der Waals surface area contributed by atoms with Gasteiger partial charge in [-0.2, -0.15) is 0 Å². The zero-order valence-corrected chi connectivity index (χ0v) is 17.9. The molecule has 0 unspecified atom stereocenters. The van der Waals surface area contributed by atoms with Crippen molar-refractivity contribution < 1.29 is 19.1 Å². The molecule has 1 aromatic heterocycles. The second-order valence-corrected chi connectivity index (χ2v) is 8.01. The number of thiophene rings is 1. The summed E-state index contributed by atoms with van der Waals surface area (Å²) < 4.78 is 11.0. The Bertz CT molecular complexity index is 1070. The first-order chi connectivity index (χ1) is 14.4. The van der Waals surface area contributed by atoms with Crippen LogP contribution in [0.15, 0.2) is 60.7 Å². The van der Waals surface area contributed by atoms with Crippen LogP contribution in [0, 0.1) is 13.8 Å². The maximum atomic E-state index is 12.2. The number of methoxy groups -OCH3 is 1. The van der Waals surface area contributed by atoms with Crippen LogP contribution >= 0.6 is 11.3 Å². The smallest absolute Gasteiger partial charge is 0.262 e. The van der Waals surface area contributed by atoms with Gasteiger partial charge in [-0.1, -0.05) is 29.8 Å². The number of anilines is 1. The predicted molar refractivity (Wildman–Crippen MR) is 121 cm³/mol. The molecule has 0 fully saturated rings. The van der Waals surface area contributed by atoms with Gasteiger partial charge in [0.05, 0.1) is 12.0 Å². The highest BCUT2D eigenvalue weighted by Gasteiger charge is 2.09. The second-order valence-electron chi connectivity index (χ2n) is 6.72. The van der Waals surface area contributed by atoms with Crippen LogP contribution in [0.4, 0.5) is 5.69 Å². The summed E-state index contributed by atoms with van der Waals surface area (Å²) >= 11 is 1.47. The molecule has 3 rings (SSSR count). The number of hydrogen-bond donors (Lipinski definition) is 1. The molecule has 0 saturated carbocycles. The molecule has 6 heteroatoms. The number of nitrogens with one attached hydrogen (secondary N) is 1. The van der Waals surface area contributed by atoms with Crippen molar-refractivity contribution in [2.24, 2.45) is 0 Å². The van der Waals surface area contributed by atoms with E-state index < -0.39 is 0 Å². The summed E-state index contributed by atoms with van der Waals surface area (Å²) in [7, 11) is 1.53. The van der Waals surface area contributed by atoms with E-state index in [1.807, 2.05) is 50.2 Å². The van der Waals surface area contributed by atoms with Crippen molar-refractivity contribution in [3.8, 4) is 11.5 Å². The number of aryl methyl sites for hydroxylation is 2. The van der Waals surface area contributed by atoms with Crippen LogP contribution in [0.3, 0.4) is 0 Å². The minimum Gasteiger partial charge on any atom is -0.493 e. The highest BCUT2D eigenvalue weighted by atomic mass is 32.1. The first-order valence-electron chi connectivity index (χ1n) is 9.41. The number of amides is 1. The molecule has 5 nitrogen and oxygen atoms in total. The lowest BCUT2D eigenvalue weighted by molar-refractivity contribution is -0.118. The Morgan fingerprint density at radius 2 is 1.77 bits per heavy atom. The summed E-state index contributed by atoms with van der Waals surface area (Å²) in [6, 6.07) is 16.6. The van der Waals surface area contributed by atoms with Gasteiger partial charge in [0.1, 0.15) is 0 Å². The average molecular weight is 422 g/mol. The van der Waals surface area contributed by atoms with E-state index in [9.17, 15) is 9.59 Å². The zero-order chi connectivity index (χ0) is 21.5. The van der Waals surface area contributed by atoms with Crippen molar-refractivity contribution in [3.63, 3.8) is 0 Å². The average Bonchev–Trinajstić information content (AvgIpc) is 3.18. The van der Waals surface area contributed by atoms with E-state index >= 15 is 0 Å². The number of carbonyl (C=O) groups excluding carboxylic acids is 2. The Hall–Kier alpha value is -3.38. The number of hydrogen-bond acceptors (Lipinski definition) is 5. The quantitative estimate of drug-likeness (QED) is 0.397. The lowest BCUT2D eigenvalue weighted by Crippen LogP contribution is -2.20. The standard InChI is InChI=1S/C24H23NO4S/c1-16-4-9-19(10-5-16)25-24(27)15-29-21-12-8-18(14-22(21)28-3)7-11-20(26)23-13-6-17(2)30-23/h4-14H,15H2,1-3H3,(H,25,27)/b11-7+. The minimum absolute atomic E-state index is 0.0415. The normalized spacial score (nSPS) is 10.8. The zero-order valence-electron chi connectivity index (χ0n) is 17.1. The molecule has 30 heavy (non-hydrogen) atoms. The molecular formula is C24H23NO4S.